The van der Waals surface area contributed by atoms with Crippen LogP contribution in [0.25, 0.3) is 0 Å². The summed E-state index contributed by atoms with van der Waals surface area (Å²) in [6, 6.07) is 14.2. The lowest BCUT2D eigenvalue weighted by Gasteiger charge is -2.11. The van der Waals surface area contributed by atoms with Gasteiger partial charge in [0.05, 0.1) is 10.6 Å². The summed E-state index contributed by atoms with van der Waals surface area (Å²) in [5, 5.41) is 2.53. The van der Waals surface area contributed by atoms with E-state index in [-0.39, 0.29) is 23.9 Å². The molecule has 0 heterocycles. The van der Waals surface area contributed by atoms with Crippen molar-refractivity contribution in [1.82, 2.24) is 10.0 Å². The van der Waals surface area contributed by atoms with Gasteiger partial charge in [-0.3, -0.25) is 9.79 Å². The van der Waals surface area contributed by atoms with Crippen molar-refractivity contribution < 1.29 is 13.2 Å². The predicted molar refractivity (Wildman–Crippen MR) is 108 cm³/mol. The highest BCUT2D eigenvalue weighted by molar-refractivity contribution is 7.89. The van der Waals surface area contributed by atoms with Gasteiger partial charge in [-0.1, -0.05) is 12.1 Å². The molecular formula is C19H24N4O3S. The van der Waals surface area contributed by atoms with Crippen molar-refractivity contribution in [3.05, 3.63) is 54.1 Å². The standard InChI is InChI=1S/C19H24N4O3S/c1-15(24)20-12-13-22-27(25,26)19-10-6-17(7-11-19)21-14-16-4-8-18(9-5-16)23(2)3/h4-11,14,22H,12-13H2,1-3H3,(H,20,24)/b21-14+. The zero-order valence-electron chi connectivity index (χ0n) is 15.6. The number of rotatable bonds is 8. The molecule has 144 valence electrons. The van der Waals surface area contributed by atoms with E-state index in [1.807, 2.05) is 43.3 Å². The van der Waals surface area contributed by atoms with Gasteiger partial charge < -0.3 is 10.2 Å². The lowest BCUT2D eigenvalue weighted by molar-refractivity contribution is -0.118. The maximum atomic E-state index is 12.2. The predicted octanol–water partition coefficient (Wildman–Crippen LogP) is 1.92. The molecule has 2 rings (SSSR count). The summed E-state index contributed by atoms with van der Waals surface area (Å²) >= 11 is 0. The van der Waals surface area contributed by atoms with E-state index in [0.717, 1.165) is 11.3 Å². The summed E-state index contributed by atoms with van der Waals surface area (Å²) in [4.78, 5) is 17.3. The molecule has 2 aromatic rings. The van der Waals surface area contributed by atoms with Crippen molar-refractivity contribution in [1.29, 1.82) is 0 Å². The molecule has 0 aliphatic heterocycles. The summed E-state index contributed by atoms with van der Waals surface area (Å²) in [5.41, 5.74) is 2.72. The fourth-order valence-corrected chi connectivity index (χ4v) is 3.26. The van der Waals surface area contributed by atoms with Crippen LogP contribution in [0.15, 0.2) is 58.4 Å². The molecule has 0 aromatic heterocycles. The molecule has 0 atom stereocenters. The number of nitrogens with zero attached hydrogens (tertiary/aromatic N) is 2. The van der Waals surface area contributed by atoms with Crippen LogP contribution in [-0.2, 0) is 14.8 Å². The lowest BCUT2D eigenvalue weighted by Crippen LogP contribution is -2.33. The van der Waals surface area contributed by atoms with Gasteiger partial charge in [0.2, 0.25) is 15.9 Å². The molecule has 0 radical (unpaired) electrons. The zero-order valence-corrected chi connectivity index (χ0v) is 16.5. The smallest absolute Gasteiger partial charge is 0.240 e. The van der Waals surface area contributed by atoms with E-state index < -0.39 is 10.0 Å². The van der Waals surface area contributed by atoms with Crippen molar-refractivity contribution in [3.63, 3.8) is 0 Å². The highest BCUT2D eigenvalue weighted by atomic mass is 32.2. The molecule has 2 aromatic carbocycles. The molecule has 0 aliphatic carbocycles. The van der Waals surface area contributed by atoms with E-state index in [1.165, 1.54) is 19.1 Å². The topological polar surface area (TPSA) is 90.9 Å². The molecule has 1 amide bonds. The molecule has 0 bridgehead atoms. The van der Waals surface area contributed by atoms with Crippen molar-refractivity contribution in [2.45, 2.75) is 11.8 Å². The molecule has 0 saturated carbocycles. The number of carbonyl (C=O) groups excluding carboxylic acids is 1. The molecule has 27 heavy (non-hydrogen) atoms. The van der Waals surface area contributed by atoms with E-state index in [9.17, 15) is 13.2 Å². The average Bonchev–Trinajstić information content (AvgIpc) is 2.64. The minimum absolute atomic E-state index is 0.130. The van der Waals surface area contributed by atoms with Crippen LogP contribution >= 0.6 is 0 Å². The largest absolute Gasteiger partial charge is 0.378 e. The third kappa shape index (κ3) is 6.50. The number of hydrogen-bond donors (Lipinski definition) is 2. The Hall–Kier alpha value is -2.71. The maximum absolute atomic E-state index is 12.2. The lowest BCUT2D eigenvalue weighted by atomic mass is 10.2. The zero-order chi connectivity index (χ0) is 19.9. The second-order valence-corrected chi connectivity index (χ2v) is 7.89. The van der Waals surface area contributed by atoms with Crippen molar-refractivity contribution in [2.75, 3.05) is 32.1 Å². The summed E-state index contributed by atoms with van der Waals surface area (Å²) in [6.45, 7) is 1.75. The van der Waals surface area contributed by atoms with Crippen LogP contribution in [0.5, 0.6) is 0 Å². The highest BCUT2D eigenvalue weighted by Crippen LogP contribution is 2.17. The highest BCUT2D eigenvalue weighted by Gasteiger charge is 2.12. The van der Waals surface area contributed by atoms with E-state index >= 15 is 0 Å². The molecule has 8 heteroatoms. The number of hydrogen-bond acceptors (Lipinski definition) is 5. The average molecular weight is 388 g/mol. The fraction of sp³-hybridized carbons (Fsp3) is 0.263. The van der Waals surface area contributed by atoms with Gasteiger partial charge in [0, 0.05) is 46.0 Å². The van der Waals surface area contributed by atoms with Crippen LogP contribution in [0.1, 0.15) is 12.5 Å². The first kappa shape index (κ1) is 20.6. The molecule has 2 N–H and O–H groups in total. The van der Waals surface area contributed by atoms with Crippen LogP contribution < -0.4 is 14.9 Å². The summed E-state index contributed by atoms with van der Waals surface area (Å²) in [6.07, 6.45) is 1.73. The van der Waals surface area contributed by atoms with Crippen molar-refractivity contribution in [2.24, 2.45) is 4.99 Å². The van der Waals surface area contributed by atoms with Gasteiger partial charge in [0.1, 0.15) is 0 Å². The minimum Gasteiger partial charge on any atom is -0.378 e. The van der Waals surface area contributed by atoms with Gasteiger partial charge in [0.25, 0.3) is 0 Å². The van der Waals surface area contributed by atoms with Gasteiger partial charge in [-0.2, -0.15) is 0 Å². The number of amides is 1. The first-order valence-corrected chi connectivity index (χ1v) is 9.92. The molecule has 0 unspecified atom stereocenters. The molecule has 0 aliphatic rings. The Balaban J connectivity index is 1.98. The monoisotopic (exact) mass is 388 g/mol. The molecule has 7 nitrogen and oxygen atoms in total. The van der Waals surface area contributed by atoms with Gasteiger partial charge in [-0.25, -0.2) is 13.1 Å². The number of carbonyl (C=O) groups is 1. The Morgan fingerprint density at radius 1 is 1.04 bits per heavy atom. The van der Waals surface area contributed by atoms with Gasteiger partial charge in [-0.05, 0) is 42.0 Å². The van der Waals surface area contributed by atoms with E-state index in [1.54, 1.807) is 18.3 Å². The summed E-state index contributed by atoms with van der Waals surface area (Å²) in [7, 11) is 0.346. The Bertz CT molecular complexity index is 890. The van der Waals surface area contributed by atoms with Crippen LogP contribution in [-0.4, -0.2) is 47.7 Å². The first-order chi connectivity index (χ1) is 12.8. The third-order valence-electron chi connectivity index (χ3n) is 3.71. The summed E-state index contributed by atoms with van der Waals surface area (Å²) in [5.74, 6) is -0.201. The van der Waals surface area contributed by atoms with Gasteiger partial charge in [-0.15, -0.1) is 0 Å². The Kier molecular flexibility index (Phi) is 7.09. The molecule has 0 fully saturated rings. The Morgan fingerprint density at radius 3 is 2.22 bits per heavy atom. The van der Waals surface area contributed by atoms with Gasteiger partial charge >= 0.3 is 0 Å². The second kappa shape index (κ2) is 9.29. The fourth-order valence-electron chi connectivity index (χ4n) is 2.23. The number of anilines is 1. The number of sulfonamides is 1. The maximum Gasteiger partial charge on any atom is 0.240 e. The number of nitrogens with one attached hydrogen (secondary N) is 2. The molecule has 0 saturated heterocycles. The minimum atomic E-state index is -3.61. The van der Waals surface area contributed by atoms with E-state index in [2.05, 4.69) is 15.0 Å². The van der Waals surface area contributed by atoms with Crippen LogP contribution in [0.2, 0.25) is 0 Å². The van der Waals surface area contributed by atoms with Crippen molar-refractivity contribution >= 4 is 33.5 Å². The summed E-state index contributed by atoms with van der Waals surface area (Å²) < 4.78 is 26.8. The quantitative estimate of drug-likeness (QED) is 0.534. The van der Waals surface area contributed by atoms with Gasteiger partial charge in [0.15, 0.2) is 0 Å². The second-order valence-electron chi connectivity index (χ2n) is 6.12. The normalized spacial score (nSPS) is 11.5. The van der Waals surface area contributed by atoms with Crippen LogP contribution in [0, 0.1) is 0 Å². The number of aliphatic imine (C=N–C) groups is 1. The van der Waals surface area contributed by atoms with E-state index in [4.69, 9.17) is 0 Å². The SMILES string of the molecule is CC(=O)NCCNS(=O)(=O)c1ccc(/N=C/c2ccc(N(C)C)cc2)cc1. The molecular weight excluding hydrogens is 364 g/mol. The Labute approximate surface area is 160 Å². The van der Waals surface area contributed by atoms with Crippen LogP contribution in [0.4, 0.5) is 11.4 Å². The molecule has 0 spiro atoms. The Morgan fingerprint density at radius 2 is 1.67 bits per heavy atom. The third-order valence-corrected chi connectivity index (χ3v) is 5.19. The van der Waals surface area contributed by atoms with Crippen LogP contribution in [0.3, 0.4) is 0 Å². The van der Waals surface area contributed by atoms with Crippen molar-refractivity contribution in [3.8, 4) is 0 Å². The van der Waals surface area contributed by atoms with E-state index in [0.29, 0.717) is 5.69 Å². The first-order valence-electron chi connectivity index (χ1n) is 8.43. The number of benzene rings is 2.